The molecule has 0 saturated heterocycles. The molecule has 0 aromatic heterocycles. The Morgan fingerprint density at radius 3 is 2.71 bits per heavy atom. The van der Waals surface area contributed by atoms with E-state index in [4.69, 9.17) is 22.5 Å². The Hall–Kier alpha value is -1.72. The van der Waals surface area contributed by atoms with Crippen LogP contribution in [0.4, 0.5) is 5.69 Å². The number of nitrogens with zero attached hydrogens (tertiary/aromatic N) is 2. The maximum Gasteiger partial charge on any atom is 0.172 e. The van der Waals surface area contributed by atoms with Crippen molar-refractivity contribution in [2.45, 2.75) is 6.54 Å². The van der Waals surface area contributed by atoms with Gasteiger partial charge in [-0.3, -0.25) is 0 Å². The molecule has 6 heteroatoms. The summed E-state index contributed by atoms with van der Waals surface area (Å²) in [5.74, 6) is 0.0562. The van der Waals surface area contributed by atoms with Crippen LogP contribution in [-0.4, -0.2) is 18.1 Å². The Bertz CT molecular complexity index is 676. The maximum absolute atomic E-state index is 8.90. The molecule has 0 fully saturated rings. The summed E-state index contributed by atoms with van der Waals surface area (Å²) in [7, 11) is 1.93. The molecule has 3 N–H and O–H groups in total. The first-order valence-corrected chi connectivity index (χ1v) is 7.42. The summed E-state index contributed by atoms with van der Waals surface area (Å²) in [5.41, 5.74) is 8.29. The van der Waals surface area contributed by atoms with Crippen LogP contribution in [0.1, 0.15) is 11.1 Å². The lowest BCUT2D eigenvalue weighted by atomic mass is 10.1. The molecular formula is C15H15BrClN3O. The van der Waals surface area contributed by atoms with E-state index in [1.165, 1.54) is 0 Å². The first kappa shape index (κ1) is 15.7. The van der Waals surface area contributed by atoms with Crippen molar-refractivity contribution in [1.29, 1.82) is 0 Å². The Labute approximate surface area is 136 Å². The van der Waals surface area contributed by atoms with Gasteiger partial charge < -0.3 is 15.8 Å². The number of oxime groups is 1. The zero-order valence-electron chi connectivity index (χ0n) is 11.4. The lowest BCUT2D eigenvalue weighted by molar-refractivity contribution is 0.318. The van der Waals surface area contributed by atoms with Crippen LogP contribution < -0.4 is 10.6 Å². The molecule has 110 valence electrons. The smallest absolute Gasteiger partial charge is 0.172 e. The van der Waals surface area contributed by atoms with E-state index in [0.29, 0.717) is 17.1 Å². The van der Waals surface area contributed by atoms with E-state index in [0.717, 1.165) is 15.7 Å². The minimum atomic E-state index is 0.0562. The Balaban J connectivity index is 2.37. The van der Waals surface area contributed by atoms with Crippen LogP contribution in [0.3, 0.4) is 0 Å². The second kappa shape index (κ2) is 6.83. The van der Waals surface area contributed by atoms with Crippen molar-refractivity contribution in [3.63, 3.8) is 0 Å². The molecule has 0 radical (unpaired) electrons. The van der Waals surface area contributed by atoms with Crippen LogP contribution >= 0.6 is 27.5 Å². The summed E-state index contributed by atoms with van der Waals surface area (Å²) in [6, 6.07) is 13.2. The third-order valence-electron chi connectivity index (χ3n) is 3.12. The highest BCUT2D eigenvalue weighted by Gasteiger charge is 2.13. The van der Waals surface area contributed by atoms with E-state index in [2.05, 4.69) is 21.1 Å². The van der Waals surface area contributed by atoms with Gasteiger partial charge >= 0.3 is 0 Å². The monoisotopic (exact) mass is 367 g/mol. The molecule has 0 saturated carbocycles. The number of hydrogen-bond donors (Lipinski definition) is 2. The molecule has 0 aliphatic heterocycles. The molecule has 0 bridgehead atoms. The normalized spacial score (nSPS) is 11.5. The molecule has 0 aliphatic rings. The van der Waals surface area contributed by atoms with Gasteiger partial charge in [-0.1, -0.05) is 50.9 Å². The van der Waals surface area contributed by atoms with E-state index in [-0.39, 0.29) is 5.84 Å². The van der Waals surface area contributed by atoms with E-state index in [1.54, 1.807) is 18.2 Å². The van der Waals surface area contributed by atoms with Crippen LogP contribution in [0.2, 0.25) is 5.02 Å². The average molecular weight is 369 g/mol. The van der Waals surface area contributed by atoms with Crippen molar-refractivity contribution in [2.24, 2.45) is 10.9 Å². The van der Waals surface area contributed by atoms with Gasteiger partial charge in [-0.15, -0.1) is 0 Å². The molecule has 0 amide bonds. The van der Waals surface area contributed by atoms with Crippen LogP contribution in [0.25, 0.3) is 0 Å². The minimum Gasteiger partial charge on any atom is -0.409 e. The summed E-state index contributed by atoms with van der Waals surface area (Å²) in [4.78, 5) is 2.00. The Morgan fingerprint density at radius 1 is 1.33 bits per heavy atom. The molecule has 0 atom stereocenters. The summed E-state index contributed by atoms with van der Waals surface area (Å²) >= 11 is 9.60. The van der Waals surface area contributed by atoms with Gasteiger partial charge in [-0.25, -0.2) is 0 Å². The van der Waals surface area contributed by atoms with Gasteiger partial charge in [-0.05, 0) is 29.8 Å². The predicted molar refractivity (Wildman–Crippen MR) is 90.2 cm³/mol. The zero-order chi connectivity index (χ0) is 15.4. The zero-order valence-corrected chi connectivity index (χ0v) is 13.8. The average Bonchev–Trinajstić information content (AvgIpc) is 2.48. The summed E-state index contributed by atoms with van der Waals surface area (Å²) < 4.78 is 1.03. The second-order valence-corrected chi connectivity index (χ2v) is 5.88. The van der Waals surface area contributed by atoms with Gasteiger partial charge in [-0.2, -0.15) is 0 Å². The largest absolute Gasteiger partial charge is 0.409 e. The number of amidine groups is 1. The van der Waals surface area contributed by atoms with E-state index >= 15 is 0 Å². The number of benzene rings is 2. The van der Waals surface area contributed by atoms with Gasteiger partial charge in [0, 0.05) is 34.3 Å². The van der Waals surface area contributed by atoms with Crippen molar-refractivity contribution in [3.05, 3.63) is 63.1 Å². The fourth-order valence-electron chi connectivity index (χ4n) is 2.06. The van der Waals surface area contributed by atoms with Crippen molar-refractivity contribution in [3.8, 4) is 0 Å². The summed E-state index contributed by atoms with van der Waals surface area (Å²) in [6.45, 7) is 0.660. The van der Waals surface area contributed by atoms with Gasteiger partial charge in [0.15, 0.2) is 5.84 Å². The lowest BCUT2D eigenvalue weighted by Gasteiger charge is -2.23. The van der Waals surface area contributed by atoms with Crippen LogP contribution in [-0.2, 0) is 6.54 Å². The van der Waals surface area contributed by atoms with Crippen LogP contribution in [0.15, 0.2) is 52.1 Å². The number of hydrogen-bond acceptors (Lipinski definition) is 3. The Morgan fingerprint density at radius 2 is 2.05 bits per heavy atom. The lowest BCUT2D eigenvalue weighted by Crippen LogP contribution is -2.22. The minimum absolute atomic E-state index is 0.0562. The highest BCUT2D eigenvalue weighted by Crippen LogP contribution is 2.27. The molecule has 2 rings (SSSR count). The topological polar surface area (TPSA) is 61.8 Å². The molecular weight excluding hydrogens is 354 g/mol. The van der Waals surface area contributed by atoms with Crippen LogP contribution in [0.5, 0.6) is 0 Å². The Kier molecular flexibility index (Phi) is 5.09. The van der Waals surface area contributed by atoms with E-state index in [1.807, 2.05) is 36.2 Å². The highest BCUT2D eigenvalue weighted by atomic mass is 79.9. The number of nitrogens with two attached hydrogens (primary N) is 1. The molecule has 0 aliphatic carbocycles. The molecule has 0 unspecified atom stereocenters. The van der Waals surface area contributed by atoms with E-state index in [9.17, 15) is 0 Å². The predicted octanol–water partition coefficient (Wildman–Crippen LogP) is 3.83. The van der Waals surface area contributed by atoms with Crippen molar-refractivity contribution >= 4 is 39.1 Å². The maximum atomic E-state index is 8.90. The van der Waals surface area contributed by atoms with Crippen molar-refractivity contribution in [2.75, 3.05) is 11.9 Å². The summed E-state index contributed by atoms with van der Waals surface area (Å²) in [6.07, 6.45) is 0. The van der Waals surface area contributed by atoms with Gasteiger partial charge in [0.2, 0.25) is 0 Å². The molecule has 4 nitrogen and oxygen atoms in total. The van der Waals surface area contributed by atoms with Gasteiger partial charge in [0.05, 0.1) is 0 Å². The fourth-order valence-corrected chi connectivity index (χ4v) is 2.63. The van der Waals surface area contributed by atoms with Gasteiger partial charge in [0.1, 0.15) is 0 Å². The SMILES string of the molecule is CN(Cc1ccccc1Br)c1cc(Cl)ccc1C(N)=NO. The molecule has 21 heavy (non-hydrogen) atoms. The van der Waals surface area contributed by atoms with Gasteiger partial charge in [0.25, 0.3) is 0 Å². The summed E-state index contributed by atoms with van der Waals surface area (Å²) in [5, 5.41) is 12.6. The molecule has 0 spiro atoms. The third-order valence-corrected chi connectivity index (χ3v) is 4.13. The second-order valence-electron chi connectivity index (χ2n) is 4.59. The third kappa shape index (κ3) is 3.68. The molecule has 2 aromatic carbocycles. The highest BCUT2D eigenvalue weighted by molar-refractivity contribution is 9.10. The van der Waals surface area contributed by atoms with Crippen LogP contribution in [0, 0.1) is 0 Å². The van der Waals surface area contributed by atoms with E-state index < -0.39 is 0 Å². The molecule has 0 heterocycles. The van der Waals surface area contributed by atoms with Crippen molar-refractivity contribution in [1.82, 2.24) is 0 Å². The molecule has 2 aromatic rings. The number of rotatable bonds is 4. The first-order chi connectivity index (χ1) is 10.0. The van der Waals surface area contributed by atoms with Crippen molar-refractivity contribution < 1.29 is 5.21 Å². The quantitative estimate of drug-likeness (QED) is 0.373. The first-order valence-electron chi connectivity index (χ1n) is 6.25. The fraction of sp³-hybridized carbons (Fsp3) is 0.133. The number of anilines is 1. The standard InChI is InChI=1S/C15H15BrClN3O/c1-20(9-10-4-2-3-5-13(10)16)14-8-11(17)6-7-12(14)15(18)19-21/h2-8,21H,9H2,1H3,(H2,18,19). The number of halogens is 2.